The number of rotatable bonds is 5. The first-order valence-corrected chi connectivity index (χ1v) is 11.1. The summed E-state index contributed by atoms with van der Waals surface area (Å²) in [6.45, 7) is 5.03. The van der Waals surface area contributed by atoms with Crippen molar-refractivity contribution in [3.8, 4) is 11.5 Å². The Labute approximate surface area is 165 Å². The van der Waals surface area contributed by atoms with E-state index in [0.717, 1.165) is 10.6 Å². The Kier molecular flexibility index (Phi) is 5.91. The second-order valence-electron chi connectivity index (χ2n) is 6.52. The summed E-state index contributed by atoms with van der Waals surface area (Å²) in [6, 6.07) is 25.7. The van der Waals surface area contributed by atoms with E-state index in [1.54, 1.807) is 0 Å². The predicted molar refractivity (Wildman–Crippen MR) is 114 cm³/mol. The van der Waals surface area contributed by atoms with Gasteiger partial charge in [0.2, 0.25) is 0 Å². The molecular formula is C23H22O4P+. The smallest absolute Gasteiger partial charge is 0.308 e. The van der Waals surface area contributed by atoms with Gasteiger partial charge in [-0.05, 0) is 60.7 Å². The normalized spacial score (nSPS) is 11.0. The van der Waals surface area contributed by atoms with Crippen molar-refractivity contribution in [2.45, 2.75) is 13.8 Å². The molecule has 0 aliphatic rings. The molecule has 3 aromatic rings. The van der Waals surface area contributed by atoms with E-state index in [1.807, 2.05) is 66.7 Å². The van der Waals surface area contributed by atoms with Gasteiger partial charge in [0.1, 0.15) is 34.7 Å². The molecule has 3 rings (SSSR count). The molecular weight excluding hydrogens is 371 g/mol. The van der Waals surface area contributed by atoms with Crippen molar-refractivity contribution in [3.05, 3.63) is 78.9 Å². The maximum absolute atomic E-state index is 11.2. The van der Waals surface area contributed by atoms with E-state index in [2.05, 4.69) is 18.8 Å². The topological polar surface area (TPSA) is 52.6 Å². The fraction of sp³-hybridized carbons (Fsp3) is 0.130. The van der Waals surface area contributed by atoms with Crippen LogP contribution in [0.3, 0.4) is 0 Å². The molecule has 0 aliphatic heterocycles. The van der Waals surface area contributed by atoms with Gasteiger partial charge in [0.05, 0.1) is 6.66 Å². The second kappa shape index (κ2) is 8.37. The van der Waals surface area contributed by atoms with E-state index >= 15 is 0 Å². The van der Waals surface area contributed by atoms with E-state index in [1.165, 1.54) is 19.2 Å². The molecule has 0 aliphatic carbocycles. The molecule has 3 aromatic carbocycles. The summed E-state index contributed by atoms with van der Waals surface area (Å²) in [5, 5.41) is 3.56. The Morgan fingerprint density at radius 1 is 0.607 bits per heavy atom. The van der Waals surface area contributed by atoms with Gasteiger partial charge in [-0.3, -0.25) is 9.59 Å². The predicted octanol–water partition coefficient (Wildman–Crippen LogP) is 3.46. The molecule has 4 nitrogen and oxygen atoms in total. The SMILES string of the molecule is CC(=O)Oc1ccc([P+](C)(c2ccccc2)c2ccc(OC(C)=O)cc2)cc1. The minimum absolute atomic E-state index is 0.338. The van der Waals surface area contributed by atoms with E-state index < -0.39 is 7.26 Å². The van der Waals surface area contributed by atoms with Gasteiger partial charge in [0, 0.05) is 13.8 Å². The molecule has 0 bridgehead atoms. The van der Waals surface area contributed by atoms with Gasteiger partial charge >= 0.3 is 11.9 Å². The van der Waals surface area contributed by atoms with E-state index in [-0.39, 0.29) is 11.9 Å². The third kappa shape index (κ3) is 4.29. The molecule has 0 fully saturated rings. The van der Waals surface area contributed by atoms with Crippen LogP contribution in [0.1, 0.15) is 13.8 Å². The molecule has 0 radical (unpaired) electrons. The first-order chi connectivity index (χ1) is 13.4. The lowest BCUT2D eigenvalue weighted by molar-refractivity contribution is -0.132. The summed E-state index contributed by atoms with van der Waals surface area (Å²) in [6.07, 6.45) is 0. The Morgan fingerprint density at radius 2 is 0.964 bits per heavy atom. The Bertz CT molecular complexity index is 904. The quantitative estimate of drug-likeness (QED) is 0.379. The van der Waals surface area contributed by atoms with Crippen LogP contribution in [-0.4, -0.2) is 18.6 Å². The summed E-state index contributed by atoms with van der Waals surface area (Å²) in [5.41, 5.74) is 0. The summed E-state index contributed by atoms with van der Waals surface area (Å²) < 4.78 is 10.3. The number of hydrogen-bond donors (Lipinski definition) is 0. The highest BCUT2D eigenvalue weighted by atomic mass is 31.2. The van der Waals surface area contributed by atoms with Gasteiger partial charge in [0.25, 0.3) is 0 Å². The first-order valence-electron chi connectivity index (χ1n) is 8.90. The molecule has 0 saturated carbocycles. The van der Waals surface area contributed by atoms with Crippen LogP contribution in [0.5, 0.6) is 11.5 Å². The summed E-state index contributed by atoms with van der Waals surface area (Å²) in [5.74, 6) is 0.381. The molecule has 28 heavy (non-hydrogen) atoms. The van der Waals surface area contributed by atoms with Crippen molar-refractivity contribution in [1.29, 1.82) is 0 Å². The van der Waals surface area contributed by atoms with Crippen LogP contribution < -0.4 is 25.4 Å². The molecule has 0 N–H and O–H groups in total. The average molecular weight is 393 g/mol. The lowest BCUT2D eigenvalue weighted by Crippen LogP contribution is -2.30. The number of carbonyl (C=O) groups excluding carboxylic acids is 2. The Morgan fingerprint density at radius 3 is 1.32 bits per heavy atom. The number of hydrogen-bond acceptors (Lipinski definition) is 4. The minimum atomic E-state index is -1.92. The third-order valence-electron chi connectivity index (χ3n) is 4.50. The molecule has 0 heterocycles. The zero-order valence-corrected chi connectivity index (χ0v) is 17.0. The standard InChI is InChI=1S/C23H22O4P/c1-17(24)26-19-9-13-22(14-10-19)28(3,21-7-5-4-6-8-21)23-15-11-20(12-16-23)27-18(2)25/h4-16H,1-3H3/q+1. The molecule has 142 valence electrons. The van der Waals surface area contributed by atoms with Crippen LogP contribution in [0.25, 0.3) is 0 Å². The number of esters is 2. The van der Waals surface area contributed by atoms with Crippen LogP contribution in [0.4, 0.5) is 0 Å². The summed E-state index contributed by atoms with van der Waals surface area (Å²) in [7, 11) is -1.92. The zero-order chi connectivity index (χ0) is 20.1. The largest absolute Gasteiger partial charge is 0.427 e. The molecule has 5 heteroatoms. The molecule has 0 spiro atoms. The monoisotopic (exact) mass is 393 g/mol. The maximum Gasteiger partial charge on any atom is 0.308 e. The minimum Gasteiger partial charge on any atom is -0.427 e. The van der Waals surface area contributed by atoms with Crippen molar-refractivity contribution in [3.63, 3.8) is 0 Å². The van der Waals surface area contributed by atoms with E-state index in [0.29, 0.717) is 11.5 Å². The third-order valence-corrected chi connectivity index (χ3v) is 8.49. The van der Waals surface area contributed by atoms with Gasteiger partial charge in [0.15, 0.2) is 0 Å². The summed E-state index contributed by atoms with van der Waals surface area (Å²) in [4.78, 5) is 22.4. The zero-order valence-electron chi connectivity index (χ0n) is 16.1. The van der Waals surface area contributed by atoms with Crippen molar-refractivity contribution in [2.75, 3.05) is 6.66 Å². The number of ether oxygens (including phenoxy) is 2. The fourth-order valence-corrected chi connectivity index (χ4v) is 6.28. The van der Waals surface area contributed by atoms with E-state index in [9.17, 15) is 9.59 Å². The highest BCUT2D eigenvalue weighted by Crippen LogP contribution is 2.51. The molecule has 0 unspecified atom stereocenters. The van der Waals surface area contributed by atoms with Crippen molar-refractivity contribution >= 4 is 35.1 Å². The lowest BCUT2D eigenvalue weighted by Gasteiger charge is -2.23. The van der Waals surface area contributed by atoms with Gasteiger partial charge in [-0.25, -0.2) is 0 Å². The molecule has 0 amide bonds. The van der Waals surface area contributed by atoms with Crippen LogP contribution >= 0.6 is 7.26 Å². The Hall–Kier alpha value is -2.97. The van der Waals surface area contributed by atoms with Crippen LogP contribution in [0.2, 0.25) is 0 Å². The second-order valence-corrected chi connectivity index (χ2v) is 10.1. The number of benzene rings is 3. The van der Waals surface area contributed by atoms with Crippen LogP contribution in [-0.2, 0) is 9.59 Å². The lowest BCUT2D eigenvalue weighted by atomic mass is 10.3. The molecule has 0 atom stereocenters. The summed E-state index contributed by atoms with van der Waals surface area (Å²) >= 11 is 0. The van der Waals surface area contributed by atoms with Crippen molar-refractivity contribution < 1.29 is 19.1 Å². The Balaban J connectivity index is 2.06. The maximum atomic E-state index is 11.2. The molecule has 0 saturated heterocycles. The fourth-order valence-electron chi connectivity index (χ4n) is 3.13. The highest BCUT2D eigenvalue weighted by molar-refractivity contribution is 7.95. The first kappa shape index (κ1) is 19.8. The highest BCUT2D eigenvalue weighted by Gasteiger charge is 2.40. The van der Waals surface area contributed by atoms with Crippen LogP contribution in [0, 0.1) is 0 Å². The molecule has 0 aromatic heterocycles. The van der Waals surface area contributed by atoms with Crippen molar-refractivity contribution in [1.82, 2.24) is 0 Å². The van der Waals surface area contributed by atoms with E-state index in [4.69, 9.17) is 9.47 Å². The average Bonchev–Trinajstić information content (AvgIpc) is 2.68. The van der Waals surface area contributed by atoms with Crippen molar-refractivity contribution in [2.24, 2.45) is 0 Å². The van der Waals surface area contributed by atoms with Gasteiger partial charge in [-0.2, -0.15) is 0 Å². The number of carbonyl (C=O) groups is 2. The van der Waals surface area contributed by atoms with Gasteiger partial charge in [-0.15, -0.1) is 0 Å². The van der Waals surface area contributed by atoms with Gasteiger partial charge in [-0.1, -0.05) is 18.2 Å². The van der Waals surface area contributed by atoms with Gasteiger partial charge < -0.3 is 9.47 Å². The van der Waals surface area contributed by atoms with Crippen LogP contribution in [0.15, 0.2) is 78.9 Å².